The number of hydrogen-bond acceptors (Lipinski definition) is 3. The van der Waals surface area contributed by atoms with Gasteiger partial charge in [-0.05, 0) is 25.1 Å². The molecule has 0 aliphatic heterocycles. The number of benzene rings is 1. The Kier molecular flexibility index (Phi) is 3.77. The Labute approximate surface area is 98.1 Å². The van der Waals surface area contributed by atoms with Crippen molar-refractivity contribution in [3.63, 3.8) is 0 Å². The van der Waals surface area contributed by atoms with Crippen molar-refractivity contribution in [1.29, 1.82) is 0 Å². The number of nitrogens with one attached hydrogen (secondary N) is 1. The van der Waals surface area contributed by atoms with E-state index in [1.807, 2.05) is 0 Å². The zero-order valence-electron chi connectivity index (χ0n) is 8.34. The zero-order chi connectivity index (χ0) is 12.3. The van der Waals surface area contributed by atoms with E-state index in [2.05, 4.69) is 4.72 Å². The number of carbonyl (C=O) groups is 1. The molecule has 0 saturated carbocycles. The number of carboxylic acids is 1. The second-order valence-electron chi connectivity index (χ2n) is 3.14. The summed E-state index contributed by atoms with van der Waals surface area (Å²) in [5.74, 6) is -1.41. The van der Waals surface area contributed by atoms with Crippen molar-refractivity contribution in [2.45, 2.75) is 12.2 Å². The van der Waals surface area contributed by atoms with E-state index < -0.39 is 21.2 Å². The Morgan fingerprint density at radius 1 is 1.50 bits per heavy atom. The van der Waals surface area contributed by atoms with Gasteiger partial charge in [-0.25, -0.2) is 8.42 Å². The van der Waals surface area contributed by atoms with E-state index in [1.165, 1.54) is 12.1 Å². The van der Waals surface area contributed by atoms with Crippen molar-refractivity contribution in [2.24, 2.45) is 0 Å². The highest BCUT2D eigenvalue weighted by atomic mass is 35.5. The second kappa shape index (κ2) is 4.71. The number of sulfonamides is 1. The molecule has 1 aromatic rings. The molecular weight excluding hydrogens is 254 g/mol. The van der Waals surface area contributed by atoms with E-state index in [0.717, 1.165) is 6.92 Å². The van der Waals surface area contributed by atoms with Gasteiger partial charge in [-0.3, -0.25) is 9.52 Å². The van der Waals surface area contributed by atoms with Crippen LogP contribution >= 0.6 is 11.6 Å². The van der Waals surface area contributed by atoms with Gasteiger partial charge in [-0.1, -0.05) is 17.7 Å². The van der Waals surface area contributed by atoms with Gasteiger partial charge >= 0.3 is 5.97 Å². The van der Waals surface area contributed by atoms with Gasteiger partial charge in [0.05, 0.1) is 0 Å². The fraction of sp³-hybridized carbons (Fsp3) is 0.222. The maximum Gasteiger partial charge on any atom is 0.323 e. The molecule has 7 heteroatoms. The minimum atomic E-state index is -3.94. The molecule has 0 bridgehead atoms. The summed E-state index contributed by atoms with van der Waals surface area (Å²) in [7, 11) is -3.94. The maximum absolute atomic E-state index is 11.5. The van der Waals surface area contributed by atoms with Crippen molar-refractivity contribution in [1.82, 2.24) is 0 Å². The predicted octanol–water partition coefficient (Wildman–Crippen LogP) is 1.55. The van der Waals surface area contributed by atoms with Crippen molar-refractivity contribution < 1.29 is 18.3 Å². The molecule has 0 heterocycles. The number of halogens is 1. The van der Waals surface area contributed by atoms with Crippen LogP contribution < -0.4 is 4.72 Å². The van der Waals surface area contributed by atoms with Gasteiger partial charge in [-0.15, -0.1) is 0 Å². The average molecular weight is 264 g/mol. The third-order valence-electron chi connectivity index (χ3n) is 1.90. The lowest BCUT2D eigenvalue weighted by molar-refractivity contribution is -0.136. The number of anilines is 1. The highest BCUT2D eigenvalue weighted by Gasteiger charge is 2.27. The summed E-state index contributed by atoms with van der Waals surface area (Å²) in [6.07, 6.45) is 0. The van der Waals surface area contributed by atoms with Gasteiger partial charge < -0.3 is 5.11 Å². The van der Waals surface area contributed by atoms with E-state index in [1.54, 1.807) is 12.1 Å². The second-order valence-corrected chi connectivity index (χ2v) is 5.58. The van der Waals surface area contributed by atoms with Crippen LogP contribution in [0.3, 0.4) is 0 Å². The number of aliphatic carboxylic acids is 1. The minimum absolute atomic E-state index is 0.237. The molecule has 16 heavy (non-hydrogen) atoms. The quantitative estimate of drug-likeness (QED) is 0.863. The Balaban J connectivity index is 2.93. The lowest BCUT2D eigenvalue weighted by Crippen LogP contribution is -2.32. The molecule has 5 nitrogen and oxygen atoms in total. The van der Waals surface area contributed by atoms with E-state index in [0.29, 0.717) is 5.02 Å². The number of rotatable bonds is 4. The lowest BCUT2D eigenvalue weighted by atomic mass is 10.3. The smallest absolute Gasteiger partial charge is 0.323 e. The van der Waals surface area contributed by atoms with Crippen molar-refractivity contribution >= 4 is 33.3 Å². The zero-order valence-corrected chi connectivity index (χ0v) is 9.92. The largest absolute Gasteiger partial charge is 0.480 e. The minimum Gasteiger partial charge on any atom is -0.480 e. The molecule has 0 spiro atoms. The molecule has 0 aliphatic carbocycles. The molecule has 0 saturated heterocycles. The highest BCUT2D eigenvalue weighted by Crippen LogP contribution is 2.17. The molecule has 0 fully saturated rings. The van der Waals surface area contributed by atoms with Crippen LogP contribution in [0.15, 0.2) is 24.3 Å². The Morgan fingerprint density at radius 3 is 2.62 bits per heavy atom. The van der Waals surface area contributed by atoms with Crippen LogP contribution in [0.5, 0.6) is 0 Å². The third kappa shape index (κ3) is 3.11. The topological polar surface area (TPSA) is 83.5 Å². The molecule has 1 rings (SSSR count). The standard InChI is InChI=1S/C9H10ClNO4S/c1-6(9(12)13)16(14,15)11-8-4-2-3-7(10)5-8/h2-6,11H,1H3,(H,12,13). The molecule has 0 aliphatic rings. The van der Waals surface area contributed by atoms with E-state index in [4.69, 9.17) is 16.7 Å². The predicted molar refractivity (Wildman–Crippen MR) is 61.1 cm³/mol. The monoisotopic (exact) mass is 263 g/mol. The van der Waals surface area contributed by atoms with Crippen molar-refractivity contribution in [3.05, 3.63) is 29.3 Å². The average Bonchev–Trinajstić information content (AvgIpc) is 2.15. The van der Waals surface area contributed by atoms with E-state index >= 15 is 0 Å². The van der Waals surface area contributed by atoms with Gasteiger partial charge in [-0.2, -0.15) is 0 Å². The molecule has 0 amide bonds. The summed E-state index contributed by atoms with van der Waals surface area (Å²) in [5.41, 5.74) is 0.237. The Bertz CT molecular complexity index is 500. The Hall–Kier alpha value is -1.27. The summed E-state index contributed by atoms with van der Waals surface area (Å²) in [5, 5.41) is 7.45. The van der Waals surface area contributed by atoms with Gasteiger partial charge in [0, 0.05) is 10.7 Å². The van der Waals surface area contributed by atoms with Crippen molar-refractivity contribution in [2.75, 3.05) is 4.72 Å². The van der Waals surface area contributed by atoms with Crippen molar-refractivity contribution in [3.8, 4) is 0 Å². The Morgan fingerprint density at radius 2 is 2.12 bits per heavy atom. The van der Waals surface area contributed by atoms with Crippen LogP contribution in [0, 0.1) is 0 Å². The fourth-order valence-electron chi connectivity index (χ4n) is 0.937. The molecule has 1 unspecified atom stereocenters. The third-order valence-corrected chi connectivity index (χ3v) is 3.79. The maximum atomic E-state index is 11.5. The molecule has 0 radical (unpaired) electrons. The van der Waals surface area contributed by atoms with Gasteiger partial charge in [0.2, 0.25) is 10.0 Å². The molecule has 1 aromatic carbocycles. The summed E-state index contributed by atoms with van der Waals surface area (Å²) in [4.78, 5) is 10.6. The summed E-state index contributed by atoms with van der Waals surface area (Å²) < 4.78 is 25.2. The molecule has 2 N–H and O–H groups in total. The number of hydrogen-bond donors (Lipinski definition) is 2. The summed E-state index contributed by atoms with van der Waals surface area (Å²) in [6, 6.07) is 6.03. The van der Waals surface area contributed by atoms with Crippen LogP contribution in [0.4, 0.5) is 5.69 Å². The highest BCUT2D eigenvalue weighted by molar-refractivity contribution is 7.94. The first-order valence-corrected chi connectivity index (χ1v) is 6.25. The van der Waals surface area contributed by atoms with Gasteiger partial charge in [0.25, 0.3) is 0 Å². The first-order chi connectivity index (χ1) is 7.33. The van der Waals surface area contributed by atoms with Crippen LogP contribution in [0.25, 0.3) is 0 Å². The summed E-state index contributed by atoms with van der Waals surface area (Å²) >= 11 is 5.66. The van der Waals surface area contributed by atoms with Crippen LogP contribution in [0.2, 0.25) is 5.02 Å². The number of carboxylic acid groups (broad SMARTS) is 1. The fourth-order valence-corrected chi connectivity index (χ4v) is 2.03. The first-order valence-electron chi connectivity index (χ1n) is 4.33. The normalized spacial score (nSPS) is 13.1. The van der Waals surface area contributed by atoms with Gasteiger partial charge in [0.1, 0.15) is 0 Å². The van der Waals surface area contributed by atoms with Crippen LogP contribution in [-0.2, 0) is 14.8 Å². The van der Waals surface area contributed by atoms with Gasteiger partial charge in [0.15, 0.2) is 5.25 Å². The van der Waals surface area contributed by atoms with Crippen LogP contribution in [0.1, 0.15) is 6.92 Å². The SMILES string of the molecule is CC(C(=O)O)S(=O)(=O)Nc1cccc(Cl)c1. The van der Waals surface area contributed by atoms with E-state index in [-0.39, 0.29) is 5.69 Å². The van der Waals surface area contributed by atoms with Crippen LogP contribution in [-0.4, -0.2) is 24.7 Å². The first kappa shape index (κ1) is 12.8. The molecule has 1 atom stereocenters. The molecular formula is C9H10ClNO4S. The summed E-state index contributed by atoms with van der Waals surface area (Å²) in [6.45, 7) is 1.09. The molecule has 0 aromatic heterocycles. The van der Waals surface area contributed by atoms with E-state index in [9.17, 15) is 13.2 Å². The lowest BCUT2D eigenvalue weighted by Gasteiger charge is -2.11. The molecule has 88 valence electrons.